The number of carboxylic acids is 1. The average molecular weight is 279 g/mol. The molecule has 4 heteroatoms. The van der Waals surface area contributed by atoms with Crippen molar-refractivity contribution in [2.75, 3.05) is 20.3 Å². The SMILES string of the molecule is COCC(c1ccccc1)N(CCC(=O)O)C(C)(C)C. The lowest BCUT2D eigenvalue weighted by molar-refractivity contribution is -0.138. The highest BCUT2D eigenvalue weighted by Crippen LogP contribution is 2.28. The number of hydrogen-bond acceptors (Lipinski definition) is 3. The molecule has 20 heavy (non-hydrogen) atoms. The third-order valence-corrected chi connectivity index (χ3v) is 3.31. The van der Waals surface area contributed by atoms with Gasteiger partial charge < -0.3 is 9.84 Å². The Hall–Kier alpha value is -1.39. The fraction of sp³-hybridized carbons (Fsp3) is 0.562. The van der Waals surface area contributed by atoms with Crippen LogP contribution in [0, 0.1) is 0 Å². The van der Waals surface area contributed by atoms with Crippen molar-refractivity contribution in [3.63, 3.8) is 0 Å². The summed E-state index contributed by atoms with van der Waals surface area (Å²) in [4.78, 5) is 13.1. The molecule has 0 saturated heterocycles. The number of nitrogens with zero attached hydrogens (tertiary/aromatic N) is 1. The second-order valence-corrected chi connectivity index (χ2v) is 5.89. The fourth-order valence-corrected chi connectivity index (χ4v) is 2.37. The van der Waals surface area contributed by atoms with E-state index in [0.29, 0.717) is 13.2 Å². The predicted octanol–water partition coefficient (Wildman–Crippen LogP) is 2.95. The van der Waals surface area contributed by atoms with E-state index < -0.39 is 5.97 Å². The molecule has 0 fully saturated rings. The zero-order valence-electron chi connectivity index (χ0n) is 12.8. The zero-order valence-corrected chi connectivity index (χ0v) is 12.8. The summed E-state index contributed by atoms with van der Waals surface area (Å²) < 4.78 is 5.35. The van der Waals surface area contributed by atoms with Crippen molar-refractivity contribution in [2.24, 2.45) is 0 Å². The maximum atomic E-state index is 10.9. The van der Waals surface area contributed by atoms with E-state index in [4.69, 9.17) is 9.84 Å². The standard InChI is InChI=1S/C16H25NO3/c1-16(2,3)17(11-10-15(18)19)14(12-20-4)13-8-6-5-7-9-13/h5-9,14H,10-12H2,1-4H3,(H,18,19). The minimum absolute atomic E-state index is 0.0561. The van der Waals surface area contributed by atoms with Gasteiger partial charge in [-0.1, -0.05) is 30.3 Å². The van der Waals surface area contributed by atoms with Gasteiger partial charge in [-0.2, -0.15) is 0 Å². The Morgan fingerprint density at radius 3 is 2.35 bits per heavy atom. The van der Waals surface area contributed by atoms with Gasteiger partial charge in [-0.05, 0) is 26.3 Å². The molecular weight excluding hydrogens is 254 g/mol. The topological polar surface area (TPSA) is 49.8 Å². The van der Waals surface area contributed by atoms with Crippen LogP contribution in [0.5, 0.6) is 0 Å². The van der Waals surface area contributed by atoms with E-state index in [-0.39, 0.29) is 18.0 Å². The first kappa shape index (κ1) is 16.7. The highest BCUT2D eigenvalue weighted by Gasteiger charge is 2.30. The Kier molecular flexibility index (Phi) is 6.17. The van der Waals surface area contributed by atoms with Crippen molar-refractivity contribution in [3.8, 4) is 0 Å². The Labute approximate surface area is 121 Å². The van der Waals surface area contributed by atoms with Gasteiger partial charge in [0.05, 0.1) is 19.1 Å². The zero-order chi connectivity index (χ0) is 15.2. The lowest BCUT2D eigenvalue weighted by atomic mass is 9.97. The minimum Gasteiger partial charge on any atom is -0.481 e. The van der Waals surface area contributed by atoms with Crippen LogP contribution in [0.25, 0.3) is 0 Å². The van der Waals surface area contributed by atoms with Gasteiger partial charge in [-0.25, -0.2) is 0 Å². The first-order valence-electron chi connectivity index (χ1n) is 6.88. The smallest absolute Gasteiger partial charge is 0.304 e. The summed E-state index contributed by atoms with van der Waals surface area (Å²) >= 11 is 0. The van der Waals surface area contributed by atoms with Crippen LogP contribution >= 0.6 is 0 Å². The van der Waals surface area contributed by atoms with Gasteiger partial charge in [0.2, 0.25) is 0 Å². The number of hydrogen-bond donors (Lipinski definition) is 1. The van der Waals surface area contributed by atoms with Crippen molar-refractivity contribution in [3.05, 3.63) is 35.9 Å². The number of carboxylic acid groups (broad SMARTS) is 1. The van der Waals surface area contributed by atoms with Gasteiger partial charge in [0.1, 0.15) is 0 Å². The highest BCUT2D eigenvalue weighted by molar-refractivity contribution is 5.66. The third kappa shape index (κ3) is 4.94. The second kappa shape index (κ2) is 7.41. The molecule has 1 atom stereocenters. The molecule has 0 amide bonds. The van der Waals surface area contributed by atoms with Crippen molar-refractivity contribution in [1.29, 1.82) is 0 Å². The van der Waals surface area contributed by atoms with Crippen molar-refractivity contribution < 1.29 is 14.6 Å². The number of ether oxygens (including phenoxy) is 1. The lowest BCUT2D eigenvalue weighted by Crippen LogP contribution is -2.46. The average Bonchev–Trinajstić information content (AvgIpc) is 2.37. The largest absolute Gasteiger partial charge is 0.481 e. The number of methoxy groups -OCH3 is 1. The third-order valence-electron chi connectivity index (χ3n) is 3.31. The van der Waals surface area contributed by atoms with E-state index >= 15 is 0 Å². The maximum Gasteiger partial charge on any atom is 0.304 e. The summed E-state index contributed by atoms with van der Waals surface area (Å²) in [6.07, 6.45) is 0.129. The quantitative estimate of drug-likeness (QED) is 0.833. The molecule has 112 valence electrons. The van der Waals surface area contributed by atoms with Crippen LogP contribution in [0.15, 0.2) is 30.3 Å². The van der Waals surface area contributed by atoms with E-state index in [2.05, 4.69) is 37.8 Å². The van der Waals surface area contributed by atoms with Crippen LogP contribution in [0.3, 0.4) is 0 Å². The summed E-state index contributed by atoms with van der Waals surface area (Å²) in [7, 11) is 1.67. The summed E-state index contributed by atoms with van der Waals surface area (Å²) in [5.74, 6) is -0.775. The molecule has 0 aliphatic heterocycles. The fourth-order valence-electron chi connectivity index (χ4n) is 2.37. The van der Waals surface area contributed by atoms with E-state index in [0.717, 1.165) is 5.56 Å². The number of rotatable bonds is 7. The number of benzene rings is 1. The molecule has 1 unspecified atom stereocenters. The maximum absolute atomic E-state index is 10.9. The molecule has 0 radical (unpaired) electrons. The Morgan fingerprint density at radius 1 is 1.30 bits per heavy atom. The minimum atomic E-state index is -0.775. The summed E-state index contributed by atoms with van der Waals surface area (Å²) in [6, 6.07) is 10.1. The summed E-state index contributed by atoms with van der Waals surface area (Å²) in [5, 5.41) is 8.95. The van der Waals surface area contributed by atoms with Crippen molar-refractivity contribution in [2.45, 2.75) is 38.8 Å². The van der Waals surface area contributed by atoms with Crippen LogP contribution in [0.2, 0.25) is 0 Å². The molecule has 0 aliphatic carbocycles. The first-order valence-corrected chi connectivity index (χ1v) is 6.88. The van der Waals surface area contributed by atoms with Gasteiger partial charge in [0.15, 0.2) is 0 Å². The van der Waals surface area contributed by atoms with E-state index in [1.165, 1.54) is 0 Å². The van der Waals surface area contributed by atoms with Gasteiger partial charge in [0, 0.05) is 19.2 Å². The molecule has 0 heterocycles. The monoisotopic (exact) mass is 279 g/mol. The number of aliphatic carboxylic acids is 1. The summed E-state index contributed by atoms with van der Waals surface area (Å²) in [6.45, 7) is 7.34. The van der Waals surface area contributed by atoms with Crippen molar-refractivity contribution in [1.82, 2.24) is 4.90 Å². The molecule has 1 N–H and O–H groups in total. The van der Waals surface area contributed by atoms with Gasteiger partial charge in [0.25, 0.3) is 0 Å². The molecular formula is C16H25NO3. The van der Waals surface area contributed by atoms with Crippen LogP contribution in [-0.2, 0) is 9.53 Å². The second-order valence-electron chi connectivity index (χ2n) is 5.89. The molecule has 0 saturated carbocycles. The van der Waals surface area contributed by atoms with E-state index in [9.17, 15) is 4.79 Å². The normalized spacial score (nSPS) is 13.4. The molecule has 0 aliphatic rings. The van der Waals surface area contributed by atoms with Gasteiger partial charge in [-0.15, -0.1) is 0 Å². The summed E-state index contributed by atoms with van der Waals surface area (Å²) in [5.41, 5.74) is 1.02. The van der Waals surface area contributed by atoms with Gasteiger partial charge in [-0.3, -0.25) is 9.69 Å². The Bertz CT molecular complexity index is 411. The molecule has 0 bridgehead atoms. The highest BCUT2D eigenvalue weighted by atomic mass is 16.5. The van der Waals surface area contributed by atoms with E-state index in [1.54, 1.807) is 7.11 Å². The first-order chi connectivity index (χ1) is 9.36. The van der Waals surface area contributed by atoms with Crippen molar-refractivity contribution >= 4 is 5.97 Å². The molecule has 4 nitrogen and oxygen atoms in total. The molecule has 1 aromatic rings. The van der Waals surface area contributed by atoms with Crippen LogP contribution in [-0.4, -0.2) is 41.8 Å². The number of carbonyl (C=O) groups is 1. The molecule has 1 rings (SSSR count). The molecule has 1 aromatic carbocycles. The molecule has 0 spiro atoms. The van der Waals surface area contributed by atoms with Crippen LogP contribution in [0.4, 0.5) is 0 Å². The Balaban J connectivity index is 3.01. The predicted molar refractivity (Wildman–Crippen MR) is 79.8 cm³/mol. The van der Waals surface area contributed by atoms with Crippen LogP contribution in [0.1, 0.15) is 38.8 Å². The van der Waals surface area contributed by atoms with E-state index in [1.807, 2.05) is 18.2 Å². The Morgan fingerprint density at radius 2 is 1.90 bits per heavy atom. The van der Waals surface area contributed by atoms with Gasteiger partial charge >= 0.3 is 5.97 Å². The lowest BCUT2D eigenvalue weighted by Gasteiger charge is -2.41. The van der Waals surface area contributed by atoms with Crippen LogP contribution < -0.4 is 0 Å². The molecule has 0 aromatic heterocycles.